The molecule has 0 spiro atoms. The molecule has 0 aromatic heterocycles. The minimum absolute atomic E-state index is 0.915. The molecule has 0 aliphatic heterocycles. The van der Waals surface area contributed by atoms with Crippen molar-refractivity contribution in [1.82, 2.24) is 0 Å². The van der Waals surface area contributed by atoms with Gasteiger partial charge in [0.2, 0.25) is 0 Å². The molecule has 0 rings (SSSR count). The lowest BCUT2D eigenvalue weighted by molar-refractivity contribution is 0.935. The number of hydrogen-bond donors (Lipinski definition) is 0. The second-order valence-electron chi connectivity index (χ2n) is 3.09. The van der Waals surface area contributed by atoms with Gasteiger partial charge < -0.3 is 0 Å². The van der Waals surface area contributed by atoms with E-state index in [9.17, 15) is 0 Å². The first-order chi connectivity index (χ1) is 7.26. The SMILES string of the molecule is C=C/C=C\C=C(/C)C(=NCCC)SCC. The molecule has 0 fully saturated rings. The molecule has 0 aliphatic carbocycles. The van der Waals surface area contributed by atoms with Crippen molar-refractivity contribution in [3.8, 4) is 0 Å². The molecule has 0 atom stereocenters. The highest BCUT2D eigenvalue weighted by molar-refractivity contribution is 8.14. The Balaban J connectivity index is 4.52. The molecule has 2 heteroatoms. The molecule has 1 nitrogen and oxygen atoms in total. The van der Waals surface area contributed by atoms with E-state index in [2.05, 4.69) is 38.4 Å². The molecule has 0 aromatic carbocycles. The summed E-state index contributed by atoms with van der Waals surface area (Å²) in [5.74, 6) is 1.07. The van der Waals surface area contributed by atoms with Crippen LogP contribution in [0.2, 0.25) is 0 Å². The summed E-state index contributed by atoms with van der Waals surface area (Å²) < 4.78 is 0. The van der Waals surface area contributed by atoms with E-state index >= 15 is 0 Å². The van der Waals surface area contributed by atoms with Crippen molar-refractivity contribution in [2.24, 2.45) is 4.99 Å². The van der Waals surface area contributed by atoms with Crippen LogP contribution in [-0.2, 0) is 0 Å². The van der Waals surface area contributed by atoms with Crippen LogP contribution in [0.5, 0.6) is 0 Å². The van der Waals surface area contributed by atoms with Crippen molar-refractivity contribution in [3.63, 3.8) is 0 Å². The molecular formula is C13H21NS. The summed E-state index contributed by atoms with van der Waals surface area (Å²) >= 11 is 1.80. The Morgan fingerprint density at radius 3 is 2.60 bits per heavy atom. The number of hydrogen-bond acceptors (Lipinski definition) is 2. The van der Waals surface area contributed by atoms with Crippen LogP contribution in [0.3, 0.4) is 0 Å². The van der Waals surface area contributed by atoms with Crippen LogP contribution in [0.1, 0.15) is 27.2 Å². The molecule has 0 bridgehead atoms. The van der Waals surface area contributed by atoms with E-state index in [4.69, 9.17) is 0 Å². The summed E-state index contributed by atoms with van der Waals surface area (Å²) in [5.41, 5.74) is 1.23. The van der Waals surface area contributed by atoms with E-state index in [1.807, 2.05) is 12.2 Å². The standard InChI is InChI=1S/C13H21NS/c1-5-8-9-10-12(4)13(15-7-3)14-11-6-2/h5,8-10H,1,6-7,11H2,2-4H3/b9-8-,12-10+,14-13?. The van der Waals surface area contributed by atoms with E-state index in [1.54, 1.807) is 17.8 Å². The molecule has 84 valence electrons. The van der Waals surface area contributed by atoms with E-state index in [1.165, 1.54) is 5.57 Å². The topological polar surface area (TPSA) is 12.4 Å². The van der Waals surface area contributed by atoms with Crippen LogP contribution in [0.15, 0.2) is 41.4 Å². The van der Waals surface area contributed by atoms with Gasteiger partial charge in [0.05, 0.1) is 5.04 Å². The molecule has 0 radical (unpaired) electrons. The maximum absolute atomic E-state index is 4.56. The van der Waals surface area contributed by atoms with Crippen LogP contribution in [-0.4, -0.2) is 17.3 Å². The van der Waals surface area contributed by atoms with E-state index in [0.717, 1.165) is 23.8 Å². The number of nitrogens with zero attached hydrogens (tertiary/aromatic N) is 1. The van der Waals surface area contributed by atoms with Crippen molar-refractivity contribution in [1.29, 1.82) is 0 Å². The number of aliphatic imine (C=N–C) groups is 1. The average Bonchev–Trinajstić information content (AvgIpc) is 2.24. The first-order valence-electron chi connectivity index (χ1n) is 5.39. The van der Waals surface area contributed by atoms with Gasteiger partial charge in [-0.1, -0.05) is 44.7 Å². The smallest absolute Gasteiger partial charge is 0.0933 e. The molecule has 15 heavy (non-hydrogen) atoms. The van der Waals surface area contributed by atoms with Gasteiger partial charge in [0, 0.05) is 6.54 Å². The highest BCUT2D eigenvalue weighted by Crippen LogP contribution is 2.12. The Labute approximate surface area is 98.1 Å². The lowest BCUT2D eigenvalue weighted by Gasteiger charge is -2.04. The van der Waals surface area contributed by atoms with Crippen LogP contribution in [0.25, 0.3) is 0 Å². The highest BCUT2D eigenvalue weighted by atomic mass is 32.2. The second-order valence-corrected chi connectivity index (χ2v) is 4.34. The first kappa shape index (κ1) is 14.2. The number of thioether (sulfide) groups is 1. The summed E-state index contributed by atoms with van der Waals surface area (Å²) in [4.78, 5) is 4.56. The summed E-state index contributed by atoms with van der Waals surface area (Å²) in [6, 6.07) is 0. The summed E-state index contributed by atoms with van der Waals surface area (Å²) in [7, 11) is 0. The zero-order valence-electron chi connectivity index (χ0n) is 9.99. The van der Waals surface area contributed by atoms with E-state index < -0.39 is 0 Å². The van der Waals surface area contributed by atoms with Crippen molar-refractivity contribution in [2.45, 2.75) is 27.2 Å². The largest absolute Gasteiger partial charge is 0.278 e. The van der Waals surface area contributed by atoms with Crippen molar-refractivity contribution in [2.75, 3.05) is 12.3 Å². The van der Waals surface area contributed by atoms with E-state index in [0.29, 0.717) is 0 Å². The molecule has 0 aliphatic rings. The molecular weight excluding hydrogens is 202 g/mol. The predicted octanol–water partition coefficient (Wildman–Crippen LogP) is 4.24. The fourth-order valence-corrected chi connectivity index (χ4v) is 1.74. The molecule has 0 amide bonds. The summed E-state index contributed by atoms with van der Waals surface area (Å²) in [5, 5.41) is 1.16. The van der Waals surface area contributed by atoms with Gasteiger partial charge in [-0.2, -0.15) is 0 Å². The third kappa shape index (κ3) is 7.20. The Morgan fingerprint density at radius 1 is 1.33 bits per heavy atom. The van der Waals surface area contributed by atoms with Crippen molar-refractivity contribution < 1.29 is 0 Å². The van der Waals surface area contributed by atoms with Gasteiger partial charge >= 0.3 is 0 Å². The molecule has 0 saturated heterocycles. The fraction of sp³-hybridized carbons (Fsp3) is 0.462. The van der Waals surface area contributed by atoms with Gasteiger partial charge in [0.15, 0.2) is 0 Å². The van der Waals surface area contributed by atoms with Gasteiger partial charge in [0.1, 0.15) is 0 Å². The Bertz CT molecular complexity index is 262. The minimum atomic E-state index is 0.915. The van der Waals surface area contributed by atoms with E-state index in [-0.39, 0.29) is 0 Å². The third-order valence-electron chi connectivity index (χ3n) is 1.69. The van der Waals surface area contributed by atoms with Gasteiger partial charge in [0.25, 0.3) is 0 Å². The monoisotopic (exact) mass is 223 g/mol. The third-order valence-corrected chi connectivity index (χ3v) is 2.70. The van der Waals surface area contributed by atoms with Crippen molar-refractivity contribution >= 4 is 16.8 Å². The van der Waals surface area contributed by atoms with Crippen LogP contribution < -0.4 is 0 Å². The normalized spacial score (nSPS) is 13.5. The average molecular weight is 223 g/mol. The zero-order chi connectivity index (χ0) is 11.5. The van der Waals surface area contributed by atoms with Gasteiger partial charge in [-0.05, 0) is 24.7 Å². The Hall–Kier alpha value is -0.760. The molecule has 0 unspecified atom stereocenters. The molecule has 0 N–H and O–H groups in total. The molecule has 0 heterocycles. The maximum Gasteiger partial charge on any atom is 0.0933 e. The highest BCUT2D eigenvalue weighted by Gasteiger charge is 1.99. The predicted molar refractivity (Wildman–Crippen MR) is 73.8 cm³/mol. The number of rotatable bonds is 6. The Morgan fingerprint density at radius 2 is 2.07 bits per heavy atom. The van der Waals surface area contributed by atoms with Gasteiger partial charge in [-0.15, -0.1) is 11.8 Å². The second kappa shape index (κ2) is 9.78. The first-order valence-corrected chi connectivity index (χ1v) is 6.38. The quantitative estimate of drug-likeness (QED) is 0.373. The van der Waals surface area contributed by atoms with Gasteiger partial charge in [-0.3, -0.25) is 4.99 Å². The molecule has 0 aromatic rings. The van der Waals surface area contributed by atoms with Crippen LogP contribution >= 0.6 is 11.8 Å². The van der Waals surface area contributed by atoms with Crippen molar-refractivity contribution in [3.05, 3.63) is 36.5 Å². The molecule has 0 saturated carbocycles. The minimum Gasteiger partial charge on any atom is -0.278 e. The maximum atomic E-state index is 4.56. The Kier molecular flexibility index (Phi) is 9.29. The van der Waals surface area contributed by atoms with Crippen LogP contribution in [0, 0.1) is 0 Å². The summed E-state index contributed by atoms with van der Waals surface area (Å²) in [6.45, 7) is 11.0. The fourth-order valence-electron chi connectivity index (χ4n) is 0.984. The zero-order valence-corrected chi connectivity index (χ0v) is 10.8. The lowest BCUT2D eigenvalue weighted by atomic mass is 10.3. The van der Waals surface area contributed by atoms with Crippen LogP contribution in [0.4, 0.5) is 0 Å². The number of allylic oxidation sites excluding steroid dienone is 4. The summed E-state index contributed by atoms with van der Waals surface area (Å²) in [6.07, 6.45) is 8.89. The van der Waals surface area contributed by atoms with Gasteiger partial charge in [-0.25, -0.2) is 0 Å². The lowest BCUT2D eigenvalue weighted by Crippen LogP contribution is -1.96.